The zero-order valence-corrected chi connectivity index (χ0v) is 21.0. The number of ether oxygens (including phenoxy) is 1. The highest BCUT2D eigenvalue weighted by Gasteiger charge is 2.57. The lowest BCUT2D eigenvalue weighted by atomic mass is 9.49. The standard InChI is InChI=1S/C22H39NO2.C7H6O/c1-21-10-8-18-17-9-11-22(24,14-25-3)12-15(17)4-6-19(18)20(21)7-5-16(21)13-23-2;8-6-7-4-2-1-3-5-7/h15-20,23-24H,4-14H2,1-3H3;1-6H. The van der Waals surface area contributed by atoms with Crippen molar-refractivity contribution >= 4 is 6.29 Å². The molecular weight excluding hydrogens is 410 g/mol. The molecule has 4 nitrogen and oxygen atoms in total. The van der Waals surface area contributed by atoms with Crippen LogP contribution in [0.15, 0.2) is 30.3 Å². The Hall–Kier alpha value is -1.23. The van der Waals surface area contributed by atoms with E-state index in [4.69, 9.17) is 4.74 Å². The molecule has 1 aromatic carbocycles. The van der Waals surface area contributed by atoms with Gasteiger partial charge >= 0.3 is 0 Å². The van der Waals surface area contributed by atoms with E-state index in [1.165, 1.54) is 51.5 Å². The molecule has 0 radical (unpaired) electrons. The Balaban J connectivity index is 0.000000275. The summed E-state index contributed by atoms with van der Waals surface area (Å²) >= 11 is 0. The third-order valence-electron chi connectivity index (χ3n) is 10.1. The molecule has 5 rings (SSSR count). The van der Waals surface area contributed by atoms with Crippen LogP contribution in [-0.2, 0) is 4.74 Å². The number of methoxy groups -OCH3 is 1. The fourth-order valence-electron chi connectivity index (χ4n) is 8.58. The summed E-state index contributed by atoms with van der Waals surface area (Å²) in [6.07, 6.45) is 12.6. The largest absolute Gasteiger partial charge is 0.387 e. The minimum Gasteiger partial charge on any atom is -0.387 e. The number of carbonyl (C=O) groups excluding carboxylic acids is 1. The average molecular weight is 456 g/mol. The van der Waals surface area contributed by atoms with Gasteiger partial charge in [-0.1, -0.05) is 37.3 Å². The van der Waals surface area contributed by atoms with Crippen molar-refractivity contribution in [2.24, 2.45) is 40.9 Å². The summed E-state index contributed by atoms with van der Waals surface area (Å²) in [7, 11) is 3.85. The summed E-state index contributed by atoms with van der Waals surface area (Å²) in [5.41, 5.74) is 0.770. The summed E-state index contributed by atoms with van der Waals surface area (Å²) in [6.45, 7) is 4.35. The molecule has 33 heavy (non-hydrogen) atoms. The third kappa shape index (κ3) is 5.09. The second kappa shape index (κ2) is 10.6. The summed E-state index contributed by atoms with van der Waals surface area (Å²) < 4.78 is 5.32. The molecule has 0 bridgehead atoms. The molecule has 4 fully saturated rings. The summed E-state index contributed by atoms with van der Waals surface area (Å²) in [4.78, 5) is 10.0. The minimum atomic E-state index is -0.544. The van der Waals surface area contributed by atoms with Crippen molar-refractivity contribution in [3.05, 3.63) is 35.9 Å². The lowest BCUT2D eigenvalue weighted by molar-refractivity contribution is -0.124. The number of aldehydes is 1. The van der Waals surface area contributed by atoms with Crippen LogP contribution in [0.1, 0.15) is 75.1 Å². The Morgan fingerprint density at radius 3 is 2.45 bits per heavy atom. The molecule has 4 heteroatoms. The van der Waals surface area contributed by atoms with Crippen LogP contribution in [0.4, 0.5) is 0 Å². The Kier molecular flexibility index (Phi) is 7.98. The maximum absolute atomic E-state index is 10.9. The second-order valence-electron chi connectivity index (χ2n) is 11.7. The van der Waals surface area contributed by atoms with Crippen LogP contribution in [0.5, 0.6) is 0 Å². The van der Waals surface area contributed by atoms with Gasteiger partial charge < -0.3 is 15.2 Å². The van der Waals surface area contributed by atoms with E-state index in [9.17, 15) is 9.90 Å². The van der Waals surface area contributed by atoms with Crippen molar-refractivity contribution in [2.75, 3.05) is 27.3 Å². The maximum atomic E-state index is 10.9. The molecule has 184 valence electrons. The van der Waals surface area contributed by atoms with E-state index in [1.54, 1.807) is 19.2 Å². The average Bonchev–Trinajstić information content (AvgIpc) is 3.16. The number of fused-ring (bicyclic) bond motifs is 5. The first-order valence-corrected chi connectivity index (χ1v) is 13.3. The molecule has 0 amide bonds. The Bertz CT molecular complexity index is 769. The predicted molar refractivity (Wildman–Crippen MR) is 133 cm³/mol. The fourth-order valence-corrected chi connectivity index (χ4v) is 8.58. The van der Waals surface area contributed by atoms with Gasteiger partial charge in [-0.3, -0.25) is 4.79 Å². The van der Waals surface area contributed by atoms with E-state index in [1.807, 2.05) is 18.2 Å². The first kappa shape index (κ1) is 24.9. The molecule has 8 atom stereocenters. The van der Waals surface area contributed by atoms with E-state index in [0.29, 0.717) is 12.0 Å². The van der Waals surface area contributed by atoms with Crippen molar-refractivity contribution in [3.8, 4) is 0 Å². The molecule has 0 heterocycles. The van der Waals surface area contributed by atoms with Crippen molar-refractivity contribution < 1.29 is 14.6 Å². The van der Waals surface area contributed by atoms with E-state index < -0.39 is 5.60 Å². The highest BCUT2D eigenvalue weighted by molar-refractivity contribution is 5.74. The zero-order valence-electron chi connectivity index (χ0n) is 21.0. The molecule has 4 aliphatic carbocycles. The smallest absolute Gasteiger partial charge is 0.150 e. The van der Waals surface area contributed by atoms with Gasteiger partial charge in [0.1, 0.15) is 6.29 Å². The maximum Gasteiger partial charge on any atom is 0.150 e. The van der Waals surface area contributed by atoms with Crippen molar-refractivity contribution in [1.82, 2.24) is 5.32 Å². The van der Waals surface area contributed by atoms with E-state index in [0.717, 1.165) is 60.2 Å². The van der Waals surface area contributed by atoms with Crippen LogP contribution in [0.25, 0.3) is 0 Å². The first-order chi connectivity index (χ1) is 15.9. The predicted octanol–water partition coefficient (Wildman–Crippen LogP) is 5.35. The Labute approximate surface area is 200 Å². The molecule has 4 aliphatic rings. The molecule has 0 aromatic heterocycles. The summed E-state index contributed by atoms with van der Waals surface area (Å²) in [5, 5.41) is 14.3. The number of carbonyl (C=O) groups is 1. The van der Waals surface area contributed by atoms with Gasteiger partial charge in [0.15, 0.2) is 0 Å². The van der Waals surface area contributed by atoms with Gasteiger partial charge in [0.2, 0.25) is 0 Å². The van der Waals surface area contributed by atoms with Crippen molar-refractivity contribution in [3.63, 3.8) is 0 Å². The van der Waals surface area contributed by atoms with Gasteiger partial charge in [-0.25, -0.2) is 0 Å². The first-order valence-electron chi connectivity index (χ1n) is 13.3. The summed E-state index contributed by atoms with van der Waals surface area (Å²) in [5.74, 6) is 5.38. The van der Waals surface area contributed by atoms with Crippen molar-refractivity contribution in [2.45, 2.75) is 70.3 Å². The van der Waals surface area contributed by atoms with E-state index in [-0.39, 0.29) is 0 Å². The lowest BCUT2D eigenvalue weighted by Gasteiger charge is -2.57. The summed E-state index contributed by atoms with van der Waals surface area (Å²) in [6, 6.07) is 9.10. The van der Waals surface area contributed by atoms with Crippen molar-refractivity contribution in [1.29, 1.82) is 0 Å². The molecular formula is C29H45NO3. The van der Waals surface area contributed by atoms with Crippen LogP contribution in [0.3, 0.4) is 0 Å². The molecule has 4 saturated carbocycles. The Morgan fingerprint density at radius 1 is 1.03 bits per heavy atom. The van der Waals surface area contributed by atoms with Gasteiger partial charge in [0, 0.05) is 12.7 Å². The number of rotatable bonds is 5. The van der Waals surface area contributed by atoms with Crippen LogP contribution in [0, 0.1) is 40.9 Å². The lowest BCUT2D eigenvalue weighted by Crippen LogP contribution is -2.52. The number of hydrogen-bond acceptors (Lipinski definition) is 4. The molecule has 8 unspecified atom stereocenters. The van der Waals surface area contributed by atoms with E-state index in [2.05, 4.69) is 19.3 Å². The second-order valence-corrected chi connectivity index (χ2v) is 11.7. The van der Waals surface area contributed by atoms with Crippen LogP contribution in [0.2, 0.25) is 0 Å². The number of benzene rings is 1. The quantitative estimate of drug-likeness (QED) is 0.588. The van der Waals surface area contributed by atoms with Gasteiger partial charge in [0.05, 0.1) is 12.2 Å². The van der Waals surface area contributed by atoms with E-state index >= 15 is 0 Å². The van der Waals surface area contributed by atoms with Gasteiger partial charge in [-0.2, -0.15) is 0 Å². The highest BCUT2D eigenvalue weighted by Crippen LogP contribution is 2.64. The van der Waals surface area contributed by atoms with Gasteiger partial charge in [-0.15, -0.1) is 0 Å². The molecule has 0 spiro atoms. The number of nitrogens with one attached hydrogen (secondary N) is 1. The molecule has 1 aromatic rings. The highest BCUT2D eigenvalue weighted by atomic mass is 16.5. The SMILES string of the molecule is CNCC1CCC2C3CCC4CC(O)(COC)CCC4C3CCC12C.O=Cc1ccccc1. The minimum absolute atomic E-state index is 0.525. The van der Waals surface area contributed by atoms with Gasteiger partial charge in [0.25, 0.3) is 0 Å². The monoisotopic (exact) mass is 455 g/mol. The van der Waals surface area contributed by atoms with Gasteiger partial charge in [-0.05, 0) is 112 Å². The van der Waals surface area contributed by atoms with Crippen LogP contribution < -0.4 is 5.32 Å². The zero-order chi connectivity index (χ0) is 23.5. The number of hydrogen-bond donors (Lipinski definition) is 2. The normalized spacial score (nSPS) is 41.7. The topological polar surface area (TPSA) is 58.6 Å². The number of aliphatic hydroxyl groups is 1. The van der Waals surface area contributed by atoms with Crippen LogP contribution in [-0.4, -0.2) is 44.3 Å². The van der Waals surface area contributed by atoms with Crippen LogP contribution >= 0.6 is 0 Å². The molecule has 0 aliphatic heterocycles. The molecule has 2 N–H and O–H groups in total. The fraction of sp³-hybridized carbons (Fsp3) is 0.759. The third-order valence-corrected chi connectivity index (χ3v) is 10.1. The molecule has 0 saturated heterocycles. The Morgan fingerprint density at radius 2 is 1.79 bits per heavy atom.